The van der Waals surface area contributed by atoms with E-state index in [0.717, 1.165) is 13.1 Å². The van der Waals surface area contributed by atoms with E-state index in [0.29, 0.717) is 5.11 Å². The molecule has 0 heterocycles. The number of rotatable bonds is 11. The van der Waals surface area contributed by atoms with Crippen LogP contribution in [0.4, 0.5) is 0 Å². The molecule has 0 saturated carbocycles. The van der Waals surface area contributed by atoms with Crippen molar-refractivity contribution in [3.63, 3.8) is 0 Å². The molecular weight excluding hydrogens is 276 g/mol. The third-order valence-electron chi connectivity index (χ3n) is 3.81. The van der Waals surface area contributed by atoms with E-state index < -0.39 is 0 Å². The van der Waals surface area contributed by atoms with E-state index in [1.54, 1.807) is 0 Å². The second-order valence-corrected chi connectivity index (χ2v) is 6.14. The number of nitrogens with two attached hydrogens (primary N) is 1. The lowest BCUT2D eigenvalue weighted by Crippen LogP contribution is -2.35. The van der Waals surface area contributed by atoms with Gasteiger partial charge in [-0.25, -0.2) is 0 Å². The first-order valence-electron chi connectivity index (χ1n) is 8.32. The maximum Gasteiger partial charge on any atom is 0.166 e. The van der Waals surface area contributed by atoms with Gasteiger partial charge in [0, 0.05) is 13.1 Å². The van der Waals surface area contributed by atoms with Gasteiger partial charge in [-0.05, 0) is 24.2 Å². The summed E-state index contributed by atoms with van der Waals surface area (Å²) < 4.78 is 0. The summed E-state index contributed by atoms with van der Waals surface area (Å²) in [6.07, 6.45) is 10.6. The topological polar surface area (TPSA) is 29.3 Å². The van der Waals surface area contributed by atoms with Gasteiger partial charge in [-0.2, -0.15) is 0 Å². The summed E-state index contributed by atoms with van der Waals surface area (Å²) in [4.78, 5) is 2.11. The Kier molecular flexibility index (Phi) is 9.88. The van der Waals surface area contributed by atoms with E-state index in [2.05, 4.69) is 36.1 Å². The molecule has 1 aromatic rings. The Labute approximate surface area is 135 Å². The summed E-state index contributed by atoms with van der Waals surface area (Å²) in [5.41, 5.74) is 7.11. The van der Waals surface area contributed by atoms with Crippen LogP contribution in [0.5, 0.6) is 0 Å². The molecule has 1 rings (SSSR count). The molecule has 2 nitrogen and oxygen atoms in total. The summed E-state index contributed by atoms with van der Waals surface area (Å²) in [6.45, 7) is 4.06. The maximum atomic E-state index is 5.84. The van der Waals surface area contributed by atoms with Crippen LogP contribution in [-0.2, 0) is 6.54 Å². The van der Waals surface area contributed by atoms with Gasteiger partial charge in [0.05, 0.1) is 0 Å². The molecule has 1 aromatic carbocycles. The lowest BCUT2D eigenvalue weighted by molar-refractivity contribution is 0.396. The third-order valence-corrected chi connectivity index (χ3v) is 4.07. The van der Waals surface area contributed by atoms with Crippen molar-refractivity contribution >= 4 is 17.3 Å². The standard InChI is InChI=1S/C18H30N2S/c1-2-3-4-5-6-7-8-12-15-20(18(19)21)16-17-13-10-9-11-14-17/h9-11,13-14H,2-8,12,15-16H2,1H3,(H2,19,21). The van der Waals surface area contributed by atoms with Crippen LogP contribution in [-0.4, -0.2) is 16.6 Å². The Morgan fingerprint density at radius 3 is 2.10 bits per heavy atom. The molecule has 2 N–H and O–H groups in total. The molecular formula is C18H30N2S. The Morgan fingerprint density at radius 2 is 1.52 bits per heavy atom. The molecule has 0 aromatic heterocycles. The lowest BCUT2D eigenvalue weighted by atomic mass is 10.1. The van der Waals surface area contributed by atoms with Crippen molar-refractivity contribution < 1.29 is 0 Å². The van der Waals surface area contributed by atoms with Gasteiger partial charge in [0.2, 0.25) is 0 Å². The number of hydrogen-bond donors (Lipinski definition) is 1. The Morgan fingerprint density at radius 1 is 0.952 bits per heavy atom. The van der Waals surface area contributed by atoms with Gasteiger partial charge < -0.3 is 10.6 Å². The van der Waals surface area contributed by atoms with Crippen LogP contribution in [0.2, 0.25) is 0 Å². The van der Waals surface area contributed by atoms with Crippen LogP contribution in [0.15, 0.2) is 30.3 Å². The molecule has 0 aliphatic heterocycles. The minimum Gasteiger partial charge on any atom is -0.376 e. The van der Waals surface area contributed by atoms with Gasteiger partial charge in [0.1, 0.15) is 0 Å². The van der Waals surface area contributed by atoms with E-state index in [-0.39, 0.29) is 0 Å². The van der Waals surface area contributed by atoms with E-state index in [9.17, 15) is 0 Å². The van der Waals surface area contributed by atoms with Crippen molar-refractivity contribution in [2.45, 2.75) is 64.8 Å². The van der Waals surface area contributed by atoms with Crippen molar-refractivity contribution in [1.82, 2.24) is 4.90 Å². The largest absolute Gasteiger partial charge is 0.376 e. The highest BCUT2D eigenvalue weighted by atomic mass is 32.1. The van der Waals surface area contributed by atoms with Crippen molar-refractivity contribution in [2.75, 3.05) is 6.54 Å². The van der Waals surface area contributed by atoms with E-state index >= 15 is 0 Å². The van der Waals surface area contributed by atoms with E-state index in [1.807, 2.05) is 6.07 Å². The van der Waals surface area contributed by atoms with Gasteiger partial charge in [-0.15, -0.1) is 0 Å². The van der Waals surface area contributed by atoms with Crippen LogP contribution in [0.3, 0.4) is 0 Å². The summed E-state index contributed by atoms with van der Waals surface area (Å²) >= 11 is 5.17. The monoisotopic (exact) mass is 306 g/mol. The summed E-state index contributed by atoms with van der Waals surface area (Å²) in [5, 5.41) is 0.516. The molecule has 0 aliphatic rings. The van der Waals surface area contributed by atoms with Gasteiger partial charge in [0.15, 0.2) is 5.11 Å². The quantitative estimate of drug-likeness (QED) is 0.467. The van der Waals surface area contributed by atoms with Gasteiger partial charge in [-0.1, -0.05) is 82.2 Å². The van der Waals surface area contributed by atoms with Gasteiger partial charge in [-0.3, -0.25) is 0 Å². The Hall–Kier alpha value is -1.09. The average Bonchev–Trinajstić information content (AvgIpc) is 2.49. The zero-order chi connectivity index (χ0) is 15.3. The summed E-state index contributed by atoms with van der Waals surface area (Å²) in [5.74, 6) is 0. The number of thiocarbonyl (C=S) groups is 1. The van der Waals surface area contributed by atoms with Crippen molar-refractivity contribution in [3.8, 4) is 0 Å². The lowest BCUT2D eigenvalue weighted by Gasteiger charge is -2.22. The molecule has 21 heavy (non-hydrogen) atoms. The van der Waals surface area contributed by atoms with E-state index in [4.69, 9.17) is 18.0 Å². The maximum absolute atomic E-state index is 5.84. The molecule has 0 atom stereocenters. The number of hydrogen-bond acceptors (Lipinski definition) is 1. The molecule has 0 radical (unpaired) electrons. The molecule has 3 heteroatoms. The predicted octanol–water partition coefficient (Wildman–Crippen LogP) is 4.87. The van der Waals surface area contributed by atoms with Crippen LogP contribution in [0, 0.1) is 0 Å². The molecule has 0 spiro atoms. The first kappa shape index (κ1) is 18.0. The smallest absolute Gasteiger partial charge is 0.166 e. The Bertz CT molecular complexity index is 378. The fraction of sp³-hybridized carbons (Fsp3) is 0.611. The first-order valence-corrected chi connectivity index (χ1v) is 8.73. The van der Waals surface area contributed by atoms with Gasteiger partial charge in [0.25, 0.3) is 0 Å². The minimum atomic E-state index is 0.516. The van der Waals surface area contributed by atoms with Crippen LogP contribution in [0.25, 0.3) is 0 Å². The second-order valence-electron chi connectivity index (χ2n) is 5.72. The fourth-order valence-corrected chi connectivity index (χ4v) is 2.66. The first-order chi connectivity index (χ1) is 10.2. The number of benzene rings is 1. The highest BCUT2D eigenvalue weighted by molar-refractivity contribution is 7.80. The number of unbranched alkanes of at least 4 members (excludes halogenated alkanes) is 7. The molecule has 0 aliphatic carbocycles. The van der Waals surface area contributed by atoms with E-state index in [1.165, 1.54) is 56.9 Å². The molecule has 0 bridgehead atoms. The summed E-state index contributed by atoms with van der Waals surface area (Å²) in [7, 11) is 0. The van der Waals surface area contributed by atoms with Crippen LogP contribution in [0.1, 0.15) is 63.9 Å². The normalized spacial score (nSPS) is 10.5. The van der Waals surface area contributed by atoms with Gasteiger partial charge >= 0.3 is 0 Å². The average molecular weight is 307 g/mol. The Balaban J connectivity index is 2.16. The molecule has 0 amide bonds. The number of nitrogens with zero attached hydrogens (tertiary/aromatic N) is 1. The molecule has 0 saturated heterocycles. The highest BCUT2D eigenvalue weighted by Gasteiger charge is 2.06. The summed E-state index contributed by atoms with van der Waals surface area (Å²) in [6, 6.07) is 10.4. The minimum absolute atomic E-state index is 0.516. The zero-order valence-electron chi connectivity index (χ0n) is 13.4. The molecule has 118 valence electrons. The third kappa shape index (κ3) is 8.71. The van der Waals surface area contributed by atoms with Crippen molar-refractivity contribution in [2.24, 2.45) is 5.73 Å². The van der Waals surface area contributed by atoms with Crippen molar-refractivity contribution in [1.29, 1.82) is 0 Å². The predicted molar refractivity (Wildman–Crippen MR) is 96.2 cm³/mol. The second kappa shape index (κ2) is 11.6. The fourth-order valence-electron chi connectivity index (χ4n) is 2.51. The van der Waals surface area contributed by atoms with Crippen LogP contribution < -0.4 is 5.73 Å². The zero-order valence-corrected chi connectivity index (χ0v) is 14.2. The highest BCUT2D eigenvalue weighted by Crippen LogP contribution is 2.10. The molecule has 0 fully saturated rings. The van der Waals surface area contributed by atoms with Crippen molar-refractivity contribution in [3.05, 3.63) is 35.9 Å². The SMILES string of the molecule is CCCCCCCCCCN(Cc1ccccc1)C(N)=S. The van der Waals surface area contributed by atoms with Crippen LogP contribution >= 0.6 is 12.2 Å². The molecule has 0 unspecified atom stereocenters.